The first-order valence-electron chi connectivity index (χ1n) is 16.4. The fourth-order valence-corrected chi connectivity index (χ4v) is 6.35. The molecule has 3 heterocycles. The molecule has 0 saturated carbocycles. The van der Waals surface area contributed by atoms with Crippen LogP contribution in [-0.2, 0) is 35.5 Å². The number of ether oxygens (including phenoxy) is 1. The molecule has 4 aromatic rings. The van der Waals surface area contributed by atoms with Crippen LogP contribution in [0.15, 0.2) is 103 Å². The number of carbonyl (C=O) groups is 2. The van der Waals surface area contributed by atoms with Crippen LogP contribution in [0.4, 0.5) is 5.69 Å². The van der Waals surface area contributed by atoms with Gasteiger partial charge in [0.15, 0.2) is 0 Å². The number of amides is 2. The third-order valence-electron chi connectivity index (χ3n) is 9.20. The van der Waals surface area contributed by atoms with Crippen LogP contribution in [0, 0.1) is 0 Å². The number of aromatic nitrogens is 1. The minimum absolute atomic E-state index is 0.0368. The summed E-state index contributed by atoms with van der Waals surface area (Å²) in [5.41, 5.74) is 6.38. The number of rotatable bonds is 10. The molecule has 0 unspecified atom stereocenters. The van der Waals surface area contributed by atoms with E-state index in [1.807, 2.05) is 47.4 Å². The molecule has 2 aliphatic rings. The van der Waals surface area contributed by atoms with Crippen LogP contribution in [0.1, 0.15) is 27.8 Å². The highest BCUT2D eigenvalue weighted by molar-refractivity contribution is 5.95. The molecule has 242 valence electrons. The van der Waals surface area contributed by atoms with E-state index in [-0.39, 0.29) is 11.8 Å². The predicted molar refractivity (Wildman–Crippen MR) is 186 cm³/mol. The Bertz CT molecular complexity index is 1670. The summed E-state index contributed by atoms with van der Waals surface area (Å²) in [7, 11) is 3.73. The Morgan fingerprint density at radius 1 is 0.851 bits per heavy atom. The van der Waals surface area contributed by atoms with Crippen molar-refractivity contribution in [2.45, 2.75) is 32.0 Å². The van der Waals surface area contributed by atoms with Crippen LogP contribution < -0.4 is 9.64 Å². The Morgan fingerprint density at radius 2 is 1.57 bits per heavy atom. The molecule has 1 fully saturated rings. The summed E-state index contributed by atoms with van der Waals surface area (Å²) in [6.07, 6.45) is 6.19. The van der Waals surface area contributed by atoms with Gasteiger partial charge in [-0.1, -0.05) is 66.7 Å². The van der Waals surface area contributed by atoms with Gasteiger partial charge >= 0.3 is 0 Å². The maximum Gasteiger partial charge on any atom is 0.247 e. The second kappa shape index (κ2) is 15.1. The van der Waals surface area contributed by atoms with Crippen molar-refractivity contribution in [3.63, 3.8) is 0 Å². The molecule has 1 aromatic heterocycles. The summed E-state index contributed by atoms with van der Waals surface area (Å²) >= 11 is 0. The van der Waals surface area contributed by atoms with E-state index in [4.69, 9.17) is 4.74 Å². The standard InChI is InChI=1S/C39H43N5O3/c1-41-22-24-42(25-23-41)35-16-12-32(13-17-35)28-44(38(45)19-15-31-14-18-37(47-2)40-27-31)36(26-30-8-4-3-5-9-30)39(46)43-21-20-33-10-6-7-11-34(33)29-43/h3-19,27,36H,20-26,28-29H2,1-2H3/b19-15+/t36-/m0/s1. The number of hydrogen-bond donors (Lipinski definition) is 0. The summed E-state index contributed by atoms with van der Waals surface area (Å²) in [5.74, 6) is 0.243. The molecule has 47 heavy (non-hydrogen) atoms. The number of benzene rings is 3. The molecule has 0 spiro atoms. The maximum atomic E-state index is 14.6. The molecule has 0 aliphatic carbocycles. The summed E-state index contributed by atoms with van der Waals surface area (Å²) in [5, 5.41) is 0. The van der Waals surface area contributed by atoms with E-state index in [0.29, 0.717) is 31.9 Å². The molecular formula is C39H43N5O3. The van der Waals surface area contributed by atoms with Crippen LogP contribution in [0.2, 0.25) is 0 Å². The van der Waals surface area contributed by atoms with Crippen molar-refractivity contribution in [1.82, 2.24) is 19.7 Å². The summed E-state index contributed by atoms with van der Waals surface area (Å²) < 4.78 is 5.19. The van der Waals surface area contributed by atoms with Gasteiger partial charge in [0.25, 0.3) is 0 Å². The molecule has 1 atom stereocenters. The number of fused-ring (bicyclic) bond motifs is 1. The second-order valence-electron chi connectivity index (χ2n) is 12.4. The number of carbonyl (C=O) groups excluding carboxylic acids is 2. The van der Waals surface area contributed by atoms with E-state index in [1.165, 1.54) is 11.3 Å². The van der Waals surface area contributed by atoms with Crippen molar-refractivity contribution in [3.05, 3.63) is 131 Å². The normalized spacial score (nSPS) is 15.7. The first-order chi connectivity index (χ1) is 23.0. The minimum atomic E-state index is -0.689. The lowest BCUT2D eigenvalue weighted by atomic mass is 9.97. The molecule has 2 amide bonds. The van der Waals surface area contributed by atoms with Crippen LogP contribution in [0.25, 0.3) is 6.08 Å². The Kier molecular flexibility index (Phi) is 10.3. The quantitative estimate of drug-likeness (QED) is 0.228. The smallest absolute Gasteiger partial charge is 0.247 e. The third kappa shape index (κ3) is 8.07. The Morgan fingerprint density at radius 3 is 2.28 bits per heavy atom. The SMILES string of the molecule is COc1ccc(/C=C/C(=O)N(Cc2ccc(N3CCN(C)CC3)cc2)[C@@H](Cc2ccccc2)C(=O)N2CCc3ccccc3C2)cn1. The summed E-state index contributed by atoms with van der Waals surface area (Å²) in [6.45, 7) is 5.50. The Hall–Kier alpha value is -4.95. The molecule has 2 aliphatic heterocycles. The van der Waals surface area contributed by atoms with E-state index in [0.717, 1.165) is 54.9 Å². The first-order valence-corrected chi connectivity index (χ1v) is 16.4. The highest BCUT2D eigenvalue weighted by Gasteiger charge is 2.34. The van der Waals surface area contributed by atoms with Gasteiger partial charge in [-0.05, 0) is 65.6 Å². The average molecular weight is 630 g/mol. The highest BCUT2D eigenvalue weighted by Crippen LogP contribution is 2.24. The lowest BCUT2D eigenvalue weighted by Gasteiger charge is -2.37. The number of anilines is 1. The zero-order valence-corrected chi connectivity index (χ0v) is 27.3. The Balaban J connectivity index is 1.31. The molecular weight excluding hydrogens is 586 g/mol. The van der Waals surface area contributed by atoms with Gasteiger partial charge in [-0.3, -0.25) is 9.59 Å². The van der Waals surface area contributed by atoms with Gasteiger partial charge in [0.05, 0.1) is 7.11 Å². The topological polar surface area (TPSA) is 69.2 Å². The lowest BCUT2D eigenvalue weighted by Crippen LogP contribution is -2.52. The van der Waals surface area contributed by atoms with Gasteiger partial charge in [0.2, 0.25) is 17.7 Å². The van der Waals surface area contributed by atoms with E-state index in [2.05, 4.69) is 64.3 Å². The van der Waals surface area contributed by atoms with Gasteiger partial charge in [-0.2, -0.15) is 0 Å². The number of likely N-dealkylation sites (N-methyl/N-ethyl adjacent to an activating group) is 1. The molecule has 3 aromatic carbocycles. The fourth-order valence-electron chi connectivity index (χ4n) is 6.35. The summed E-state index contributed by atoms with van der Waals surface area (Å²) in [6, 6.07) is 29.7. The third-order valence-corrected chi connectivity index (χ3v) is 9.20. The Labute approximate surface area is 277 Å². The number of methoxy groups -OCH3 is 1. The van der Waals surface area contributed by atoms with Gasteiger partial charge in [-0.15, -0.1) is 0 Å². The highest BCUT2D eigenvalue weighted by atomic mass is 16.5. The number of pyridine rings is 1. The van der Waals surface area contributed by atoms with Crippen LogP contribution >= 0.6 is 0 Å². The zero-order chi connectivity index (χ0) is 32.6. The van der Waals surface area contributed by atoms with Crippen LogP contribution in [-0.4, -0.2) is 84.4 Å². The molecule has 0 radical (unpaired) electrons. The molecule has 6 rings (SSSR count). The molecule has 0 bridgehead atoms. The minimum Gasteiger partial charge on any atom is -0.481 e. The van der Waals surface area contributed by atoms with Gasteiger partial charge in [-0.25, -0.2) is 4.98 Å². The van der Waals surface area contributed by atoms with Gasteiger partial charge in [0, 0.05) is 76.3 Å². The van der Waals surface area contributed by atoms with E-state index < -0.39 is 6.04 Å². The zero-order valence-electron chi connectivity index (χ0n) is 27.3. The van der Waals surface area contributed by atoms with Crippen LogP contribution in [0.5, 0.6) is 5.88 Å². The van der Waals surface area contributed by atoms with Crippen molar-refractivity contribution in [3.8, 4) is 5.88 Å². The van der Waals surface area contributed by atoms with Gasteiger partial charge < -0.3 is 24.3 Å². The molecule has 8 nitrogen and oxygen atoms in total. The average Bonchev–Trinajstić information content (AvgIpc) is 3.13. The number of piperazine rings is 1. The maximum absolute atomic E-state index is 14.6. The largest absolute Gasteiger partial charge is 0.481 e. The van der Waals surface area contributed by atoms with Crippen LogP contribution in [0.3, 0.4) is 0 Å². The second-order valence-corrected chi connectivity index (χ2v) is 12.4. The van der Waals surface area contributed by atoms with E-state index >= 15 is 0 Å². The van der Waals surface area contributed by atoms with Crippen molar-refractivity contribution in [2.24, 2.45) is 0 Å². The lowest BCUT2D eigenvalue weighted by molar-refractivity contribution is -0.144. The van der Waals surface area contributed by atoms with Crippen molar-refractivity contribution in [1.29, 1.82) is 0 Å². The van der Waals surface area contributed by atoms with E-state index in [1.54, 1.807) is 36.4 Å². The molecule has 8 heteroatoms. The summed E-state index contributed by atoms with van der Waals surface area (Å²) in [4.78, 5) is 41.4. The van der Waals surface area contributed by atoms with Crippen molar-refractivity contribution >= 4 is 23.6 Å². The number of nitrogens with zero attached hydrogens (tertiary/aromatic N) is 5. The fraction of sp³-hybridized carbons (Fsp3) is 0.308. The van der Waals surface area contributed by atoms with E-state index in [9.17, 15) is 9.59 Å². The predicted octanol–water partition coefficient (Wildman–Crippen LogP) is 5.08. The molecule has 0 N–H and O–H groups in total. The van der Waals surface area contributed by atoms with Crippen molar-refractivity contribution in [2.75, 3.05) is 51.8 Å². The monoisotopic (exact) mass is 629 g/mol. The first kappa shape index (κ1) is 32.0. The number of hydrogen-bond acceptors (Lipinski definition) is 6. The molecule has 1 saturated heterocycles. The van der Waals surface area contributed by atoms with Crippen molar-refractivity contribution < 1.29 is 14.3 Å². The van der Waals surface area contributed by atoms with Gasteiger partial charge in [0.1, 0.15) is 6.04 Å².